The molecule has 0 aliphatic carbocycles. The number of amides is 1. The number of hydrogen-bond acceptors (Lipinski definition) is 2. The van der Waals surface area contributed by atoms with Crippen molar-refractivity contribution in [3.63, 3.8) is 0 Å². The fraction of sp³-hybridized carbons (Fsp3) is 0.125. The molecule has 0 atom stereocenters. The summed E-state index contributed by atoms with van der Waals surface area (Å²) in [5.41, 5.74) is 5.23. The third kappa shape index (κ3) is 4.41. The van der Waals surface area contributed by atoms with Crippen molar-refractivity contribution in [2.24, 2.45) is 0 Å². The number of anilines is 2. The first-order valence-corrected chi connectivity index (χ1v) is 9.51. The Morgan fingerprint density at radius 3 is 2.36 bits per heavy atom. The van der Waals surface area contributed by atoms with Gasteiger partial charge in [0.15, 0.2) is 0 Å². The van der Waals surface area contributed by atoms with Crippen LogP contribution in [0.3, 0.4) is 0 Å². The third-order valence-electron chi connectivity index (χ3n) is 4.78. The minimum atomic E-state index is -0.0189. The number of fused-ring (bicyclic) bond motifs is 1. The molecule has 28 heavy (non-hydrogen) atoms. The monoisotopic (exact) mass is 369 g/mol. The number of H-pyrrole nitrogens is 1. The molecule has 0 saturated carbocycles. The van der Waals surface area contributed by atoms with E-state index in [4.69, 9.17) is 0 Å². The first kappa shape index (κ1) is 17.9. The Morgan fingerprint density at radius 2 is 1.54 bits per heavy atom. The van der Waals surface area contributed by atoms with E-state index < -0.39 is 0 Å². The van der Waals surface area contributed by atoms with Crippen LogP contribution in [0.15, 0.2) is 85.1 Å². The molecule has 1 heterocycles. The molecule has 3 N–H and O–H groups in total. The fourth-order valence-electron chi connectivity index (χ4n) is 3.32. The highest BCUT2D eigenvalue weighted by atomic mass is 16.1. The molecule has 0 saturated heterocycles. The van der Waals surface area contributed by atoms with E-state index in [2.05, 4.69) is 39.9 Å². The van der Waals surface area contributed by atoms with E-state index >= 15 is 0 Å². The van der Waals surface area contributed by atoms with Crippen LogP contribution in [0.2, 0.25) is 0 Å². The molecule has 4 aromatic rings. The summed E-state index contributed by atoms with van der Waals surface area (Å²) >= 11 is 0. The van der Waals surface area contributed by atoms with Gasteiger partial charge in [-0.25, -0.2) is 0 Å². The maximum atomic E-state index is 12.4. The van der Waals surface area contributed by atoms with Crippen molar-refractivity contribution in [3.8, 4) is 0 Å². The van der Waals surface area contributed by atoms with Crippen molar-refractivity contribution in [2.45, 2.75) is 12.8 Å². The summed E-state index contributed by atoms with van der Waals surface area (Å²) in [6, 6.07) is 26.3. The van der Waals surface area contributed by atoms with Crippen LogP contribution >= 0.6 is 0 Å². The van der Waals surface area contributed by atoms with Gasteiger partial charge >= 0.3 is 0 Å². The van der Waals surface area contributed by atoms with E-state index in [1.54, 1.807) is 0 Å². The second kappa shape index (κ2) is 8.44. The Bertz CT molecular complexity index is 1050. The zero-order valence-corrected chi connectivity index (χ0v) is 15.6. The Morgan fingerprint density at radius 1 is 0.821 bits per heavy atom. The van der Waals surface area contributed by atoms with Crippen LogP contribution in [0, 0.1) is 0 Å². The van der Waals surface area contributed by atoms with E-state index in [9.17, 15) is 4.79 Å². The predicted molar refractivity (Wildman–Crippen MR) is 116 cm³/mol. The molecule has 4 heteroatoms. The van der Waals surface area contributed by atoms with Gasteiger partial charge in [-0.1, -0.05) is 48.5 Å². The highest BCUT2D eigenvalue weighted by molar-refractivity contribution is 5.95. The van der Waals surface area contributed by atoms with E-state index in [0.29, 0.717) is 6.42 Å². The molecule has 3 aromatic carbocycles. The number of carbonyl (C=O) groups is 1. The van der Waals surface area contributed by atoms with Gasteiger partial charge in [-0.05, 0) is 47.9 Å². The van der Waals surface area contributed by atoms with Crippen LogP contribution in [0.4, 0.5) is 11.4 Å². The van der Waals surface area contributed by atoms with E-state index in [-0.39, 0.29) is 5.91 Å². The molecule has 1 amide bonds. The van der Waals surface area contributed by atoms with Crippen LogP contribution in [0.1, 0.15) is 11.1 Å². The molecule has 4 nitrogen and oxygen atoms in total. The van der Waals surface area contributed by atoms with Crippen molar-refractivity contribution in [1.29, 1.82) is 0 Å². The van der Waals surface area contributed by atoms with Crippen LogP contribution in [-0.2, 0) is 17.6 Å². The van der Waals surface area contributed by atoms with Gasteiger partial charge in [0.1, 0.15) is 0 Å². The summed E-state index contributed by atoms with van der Waals surface area (Å²) in [7, 11) is 0. The summed E-state index contributed by atoms with van der Waals surface area (Å²) in [5, 5.41) is 7.48. The van der Waals surface area contributed by atoms with Gasteiger partial charge in [-0.3, -0.25) is 4.79 Å². The SMILES string of the molecule is O=C(Cc1c[nH]c2ccccc12)Nc1ccc(NCCc2ccccc2)cc1. The summed E-state index contributed by atoms with van der Waals surface area (Å²) in [4.78, 5) is 15.6. The van der Waals surface area contributed by atoms with Crippen LogP contribution in [0.5, 0.6) is 0 Å². The number of benzene rings is 3. The summed E-state index contributed by atoms with van der Waals surface area (Å²) in [5.74, 6) is -0.0189. The van der Waals surface area contributed by atoms with Gasteiger partial charge in [0, 0.05) is 35.0 Å². The Hall–Kier alpha value is -3.53. The molecule has 0 spiro atoms. The van der Waals surface area contributed by atoms with Crippen molar-refractivity contribution in [2.75, 3.05) is 17.2 Å². The van der Waals surface area contributed by atoms with E-state index in [1.807, 2.05) is 60.8 Å². The van der Waals surface area contributed by atoms with Crippen molar-refractivity contribution < 1.29 is 4.79 Å². The molecule has 0 aliphatic heterocycles. The number of hydrogen-bond donors (Lipinski definition) is 3. The van der Waals surface area contributed by atoms with E-state index in [0.717, 1.165) is 40.8 Å². The first-order valence-electron chi connectivity index (χ1n) is 9.51. The number of carbonyl (C=O) groups excluding carboxylic acids is 1. The number of aromatic nitrogens is 1. The molecular formula is C24H23N3O. The lowest BCUT2D eigenvalue weighted by Crippen LogP contribution is -2.14. The predicted octanol–water partition coefficient (Wildman–Crippen LogP) is 5.00. The normalized spacial score (nSPS) is 10.7. The van der Waals surface area contributed by atoms with Gasteiger partial charge in [0.2, 0.25) is 5.91 Å². The quantitative estimate of drug-likeness (QED) is 0.429. The Kier molecular flexibility index (Phi) is 5.38. The maximum absolute atomic E-state index is 12.4. The fourth-order valence-corrected chi connectivity index (χ4v) is 3.32. The number of rotatable bonds is 7. The Balaban J connectivity index is 1.29. The van der Waals surface area contributed by atoms with E-state index in [1.165, 1.54) is 5.56 Å². The smallest absolute Gasteiger partial charge is 0.228 e. The summed E-state index contributed by atoms with van der Waals surface area (Å²) in [6.45, 7) is 0.871. The molecule has 0 unspecified atom stereocenters. The van der Waals surface area contributed by atoms with Gasteiger partial charge in [0.05, 0.1) is 6.42 Å². The first-order chi connectivity index (χ1) is 13.8. The zero-order valence-electron chi connectivity index (χ0n) is 15.6. The van der Waals surface area contributed by atoms with Crippen molar-refractivity contribution in [1.82, 2.24) is 4.98 Å². The highest BCUT2D eigenvalue weighted by Crippen LogP contribution is 2.19. The highest BCUT2D eigenvalue weighted by Gasteiger charge is 2.09. The lowest BCUT2D eigenvalue weighted by molar-refractivity contribution is -0.115. The molecule has 0 radical (unpaired) electrons. The lowest BCUT2D eigenvalue weighted by atomic mass is 10.1. The molecule has 140 valence electrons. The number of aromatic amines is 1. The minimum absolute atomic E-state index is 0.0189. The third-order valence-corrected chi connectivity index (χ3v) is 4.78. The van der Waals surface area contributed by atoms with Gasteiger partial charge in [0.25, 0.3) is 0 Å². The average Bonchev–Trinajstić information content (AvgIpc) is 3.13. The van der Waals surface area contributed by atoms with Crippen LogP contribution in [-0.4, -0.2) is 17.4 Å². The zero-order chi connectivity index (χ0) is 19.2. The molecule has 1 aromatic heterocycles. The minimum Gasteiger partial charge on any atom is -0.385 e. The standard InChI is InChI=1S/C24H23N3O/c28-24(16-19-17-26-23-9-5-4-8-22(19)23)27-21-12-10-20(11-13-21)25-15-14-18-6-2-1-3-7-18/h1-13,17,25-26H,14-16H2,(H,27,28). The van der Waals surface area contributed by atoms with Gasteiger partial charge in [-0.15, -0.1) is 0 Å². The summed E-state index contributed by atoms with van der Waals surface area (Å²) < 4.78 is 0. The molecule has 4 rings (SSSR count). The van der Waals surface area contributed by atoms with Crippen LogP contribution in [0.25, 0.3) is 10.9 Å². The lowest BCUT2D eigenvalue weighted by Gasteiger charge is -2.09. The summed E-state index contributed by atoms with van der Waals surface area (Å²) in [6.07, 6.45) is 3.23. The molecule has 0 fully saturated rings. The Labute approximate surface area is 164 Å². The second-order valence-corrected chi connectivity index (χ2v) is 6.82. The topological polar surface area (TPSA) is 56.9 Å². The molecule has 0 bridgehead atoms. The van der Waals surface area contributed by atoms with Crippen molar-refractivity contribution in [3.05, 3.63) is 96.2 Å². The van der Waals surface area contributed by atoms with Crippen molar-refractivity contribution >= 4 is 28.2 Å². The maximum Gasteiger partial charge on any atom is 0.228 e. The average molecular weight is 369 g/mol. The van der Waals surface area contributed by atoms with Crippen LogP contribution < -0.4 is 10.6 Å². The number of nitrogens with one attached hydrogen (secondary N) is 3. The molecule has 0 aliphatic rings. The van der Waals surface area contributed by atoms with Gasteiger partial charge in [-0.2, -0.15) is 0 Å². The largest absolute Gasteiger partial charge is 0.385 e. The molecular weight excluding hydrogens is 346 g/mol. The van der Waals surface area contributed by atoms with Gasteiger partial charge < -0.3 is 15.6 Å². The number of para-hydroxylation sites is 1. The second-order valence-electron chi connectivity index (χ2n) is 6.82.